The van der Waals surface area contributed by atoms with Crippen LogP contribution in [0.4, 0.5) is 0 Å². The molecular formula is C14H16BrNS. The van der Waals surface area contributed by atoms with Gasteiger partial charge in [0.1, 0.15) is 0 Å². The number of rotatable bonds is 4. The zero-order valence-corrected chi connectivity index (χ0v) is 12.4. The van der Waals surface area contributed by atoms with Crippen LogP contribution < -0.4 is 5.32 Å². The molecule has 1 nitrogen and oxygen atoms in total. The summed E-state index contributed by atoms with van der Waals surface area (Å²) in [5.74, 6) is 0. The van der Waals surface area contributed by atoms with Crippen molar-refractivity contribution in [3.05, 3.63) is 56.2 Å². The first-order valence-electron chi connectivity index (χ1n) is 5.68. The Morgan fingerprint density at radius 2 is 2.18 bits per heavy atom. The fourth-order valence-corrected chi connectivity index (χ4v) is 3.55. The van der Waals surface area contributed by atoms with Crippen molar-refractivity contribution in [1.29, 1.82) is 0 Å². The molecule has 1 aromatic heterocycles. The van der Waals surface area contributed by atoms with Crippen molar-refractivity contribution in [2.45, 2.75) is 26.4 Å². The number of hydrogen-bond donors (Lipinski definition) is 1. The fraction of sp³-hybridized carbons (Fsp3) is 0.286. The zero-order chi connectivity index (χ0) is 12.3. The van der Waals surface area contributed by atoms with E-state index in [2.05, 4.69) is 70.8 Å². The van der Waals surface area contributed by atoms with Gasteiger partial charge in [-0.2, -0.15) is 0 Å². The summed E-state index contributed by atoms with van der Waals surface area (Å²) in [6.45, 7) is 5.24. The highest BCUT2D eigenvalue weighted by Crippen LogP contribution is 2.28. The maximum atomic E-state index is 3.58. The van der Waals surface area contributed by atoms with Crippen LogP contribution in [-0.4, -0.2) is 0 Å². The van der Waals surface area contributed by atoms with E-state index in [1.807, 2.05) is 0 Å². The van der Waals surface area contributed by atoms with Crippen LogP contribution in [0.2, 0.25) is 0 Å². The SMILES string of the molecule is Cc1cccc(CNC(C)c2sccc2Br)c1. The minimum absolute atomic E-state index is 0.380. The Morgan fingerprint density at radius 1 is 1.35 bits per heavy atom. The van der Waals surface area contributed by atoms with Crippen LogP contribution in [0, 0.1) is 6.92 Å². The summed E-state index contributed by atoms with van der Waals surface area (Å²) >= 11 is 5.36. The van der Waals surface area contributed by atoms with E-state index < -0.39 is 0 Å². The molecule has 1 heterocycles. The second-order valence-electron chi connectivity index (χ2n) is 4.22. The van der Waals surface area contributed by atoms with Gasteiger partial charge in [0.25, 0.3) is 0 Å². The molecule has 90 valence electrons. The Labute approximate surface area is 115 Å². The summed E-state index contributed by atoms with van der Waals surface area (Å²) in [6, 6.07) is 11.1. The molecule has 0 aliphatic rings. The van der Waals surface area contributed by atoms with Gasteiger partial charge in [0.05, 0.1) is 0 Å². The molecule has 0 aliphatic heterocycles. The van der Waals surface area contributed by atoms with Crippen molar-refractivity contribution < 1.29 is 0 Å². The molecule has 2 rings (SSSR count). The summed E-state index contributed by atoms with van der Waals surface area (Å²) in [4.78, 5) is 1.36. The monoisotopic (exact) mass is 309 g/mol. The largest absolute Gasteiger partial charge is 0.305 e. The normalized spacial score (nSPS) is 12.6. The first kappa shape index (κ1) is 12.8. The molecule has 1 N–H and O–H groups in total. The van der Waals surface area contributed by atoms with Gasteiger partial charge < -0.3 is 5.32 Å². The van der Waals surface area contributed by atoms with Crippen molar-refractivity contribution in [1.82, 2.24) is 5.32 Å². The van der Waals surface area contributed by atoms with E-state index in [1.165, 1.54) is 20.5 Å². The second kappa shape index (κ2) is 5.80. The van der Waals surface area contributed by atoms with E-state index in [0.29, 0.717) is 6.04 Å². The molecule has 0 amide bonds. The third-order valence-electron chi connectivity index (χ3n) is 2.73. The molecule has 0 radical (unpaired) electrons. The predicted molar refractivity (Wildman–Crippen MR) is 78.5 cm³/mol. The first-order chi connectivity index (χ1) is 8.16. The minimum atomic E-state index is 0.380. The standard InChI is InChI=1S/C14H16BrNS/c1-10-4-3-5-12(8-10)9-16-11(2)14-13(15)6-7-17-14/h3-8,11,16H,9H2,1-2H3. The van der Waals surface area contributed by atoms with Crippen molar-refractivity contribution in [3.8, 4) is 0 Å². The molecule has 0 aliphatic carbocycles. The highest BCUT2D eigenvalue weighted by atomic mass is 79.9. The summed E-state index contributed by atoms with van der Waals surface area (Å²) in [5.41, 5.74) is 2.65. The molecule has 0 saturated heterocycles. The van der Waals surface area contributed by atoms with Gasteiger partial charge in [-0.1, -0.05) is 29.8 Å². The number of halogens is 1. The zero-order valence-electron chi connectivity index (χ0n) is 10.0. The third-order valence-corrected chi connectivity index (χ3v) is 4.79. The maximum absolute atomic E-state index is 3.58. The molecule has 2 aromatic rings. The number of hydrogen-bond acceptors (Lipinski definition) is 2. The van der Waals surface area contributed by atoms with Gasteiger partial charge in [0.15, 0.2) is 0 Å². The smallest absolute Gasteiger partial charge is 0.0400 e. The van der Waals surface area contributed by atoms with Crippen LogP contribution in [0.5, 0.6) is 0 Å². The molecule has 1 aromatic carbocycles. The summed E-state index contributed by atoms with van der Waals surface area (Å²) in [5, 5.41) is 5.67. The van der Waals surface area contributed by atoms with Crippen molar-refractivity contribution in [2.24, 2.45) is 0 Å². The van der Waals surface area contributed by atoms with Gasteiger partial charge in [-0.3, -0.25) is 0 Å². The Bertz CT molecular complexity index is 492. The van der Waals surface area contributed by atoms with Gasteiger partial charge in [-0.25, -0.2) is 0 Å². The van der Waals surface area contributed by atoms with E-state index in [4.69, 9.17) is 0 Å². The van der Waals surface area contributed by atoms with Crippen LogP contribution in [-0.2, 0) is 6.54 Å². The summed E-state index contributed by atoms with van der Waals surface area (Å²) in [6.07, 6.45) is 0. The highest BCUT2D eigenvalue weighted by molar-refractivity contribution is 9.10. The molecule has 1 unspecified atom stereocenters. The lowest BCUT2D eigenvalue weighted by atomic mass is 10.1. The number of thiophene rings is 1. The third kappa shape index (κ3) is 3.41. The minimum Gasteiger partial charge on any atom is -0.305 e. The average Bonchev–Trinajstić information content (AvgIpc) is 2.72. The van der Waals surface area contributed by atoms with Crippen LogP contribution in [0.1, 0.15) is 29.0 Å². The predicted octanol–water partition coefficient (Wildman–Crippen LogP) is 4.67. The number of aryl methyl sites for hydroxylation is 1. The van der Waals surface area contributed by atoms with E-state index in [0.717, 1.165) is 6.54 Å². The van der Waals surface area contributed by atoms with Crippen molar-refractivity contribution in [2.75, 3.05) is 0 Å². The van der Waals surface area contributed by atoms with Gasteiger partial charge in [-0.05, 0) is 46.8 Å². The van der Waals surface area contributed by atoms with Crippen LogP contribution >= 0.6 is 27.3 Å². The molecule has 0 bridgehead atoms. The van der Waals surface area contributed by atoms with Crippen LogP contribution in [0.25, 0.3) is 0 Å². The molecule has 3 heteroatoms. The Hall–Kier alpha value is -0.640. The lowest BCUT2D eigenvalue weighted by Crippen LogP contribution is -2.17. The van der Waals surface area contributed by atoms with E-state index in [1.54, 1.807) is 11.3 Å². The summed E-state index contributed by atoms with van der Waals surface area (Å²) in [7, 11) is 0. The number of nitrogens with one attached hydrogen (secondary N) is 1. The van der Waals surface area contributed by atoms with Crippen molar-refractivity contribution in [3.63, 3.8) is 0 Å². The first-order valence-corrected chi connectivity index (χ1v) is 7.36. The van der Waals surface area contributed by atoms with Gasteiger partial charge in [0, 0.05) is 21.9 Å². The quantitative estimate of drug-likeness (QED) is 0.865. The Kier molecular flexibility index (Phi) is 4.37. The second-order valence-corrected chi connectivity index (χ2v) is 6.03. The Morgan fingerprint density at radius 3 is 2.82 bits per heavy atom. The molecular weight excluding hydrogens is 294 g/mol. The van der Waals surface area contributed by atoms with Crippen LogP contribution in [0.3, 0.4) is 0 Å². The van der Waals surface area contributed by atoms with Gasteiger partial charge >= 0.3 is 0 Å². The van der Waals surface area contributed by atoms with E-state index in [9.17, 15) is 0 Å². The van der Waals surface area contributed by atoms with E-state index in [-0.39, 0.29) is 0 Å². The van der Waals surface area contributed by atoms with Crippen molar-refractivity contribution >= 4 is 27.3 Å². The van der Waals surface area contributed by atoms with E-state index >= 15 is 0 Å². The summed E-state index contributed by atoms with van der Waals surface area (Å²) < 4.78 is 1.20. The van der Waals surface area contributed by atoms with Gasteiger partial charge in [0.2, 0.25) is 0 Å². The molecule has 0 fully saturated rings. The maximum Gasteiger partial charge on any atom is 0.0400 e. The average molecular weight is 310 g/mol. The molecule has 1 atom stereocenters. The molecule has 0 saturated carbocycles. The lowest BCUT2D eigenvalue weighted by molar-refractivity contribution is 0.581. The molecule has 0 spiro atoms. The fourth-order valence-electron chi connectivity index (χ4n) is 1.80. The van der Waals surface area contributed by atoms with Crippen LogP contribution in [0.15, 0.2) is 40.2 Å². The number of benzene rings is 1. The Balaban J connectivity index is 1.97. The topological polar surface area (TPSA) is 12.0 Å². The van der Waals surface area contributed by atoms with Gasteiger partial charge in [-0.15, -0.1) is 11.3 Å². The highest BCUT2D eigenvalue weighted by Gasteiger charge is 2.09. The lowest BCUT2D eigenvalue weighted by Gasteiger charge is -2.13. The molecule has 17 heavy (non-hydrogen) atoms.